The number of nitrogens with zero attached hydrogens (tertiary/aromatic N) is 1. The molecular weight excluding hydrogens is 368 g/mol. The highest BCUT2D eigenvalue weighted by Crippen LogP contribution is 2.39. The van der Waals surface area contributed by atoms with Gasteiger partial charge < -0.3 is 10.2 Å². The summed E-state index contributed by atoms with van der Waals surface area (Å²) < 4.78 is 0. The van der Waals surface area contributed by atoms with Crippen molar-refractivity contribution in [2.75, 3.05) is 10.2 Å². The zero-order valence-corrected chi connectivity index (χ0v) is 18.2. The van der Waals surface area contributed by atoms with Crippen molar-refractivity contribution in [3.8, 4) is 0 Å². The summed E-state index contributed by atoms with van der Waals surface area (Å²) in [6.45, 7) is 8.70. The van der Waals surface area contributed by atoms with Crippen LogP contribution in [0.3, 0.4) is 0 Å². The number of hydrogen-bond acceptors (Lipinski definition) is 2. The quantitative estimate of drug-likeness (QED) is 0.541. The van der Waals surface area contributed by atoms with Crippen LogP contribution in [0.2, 0.25) is 0 Å². The normalized spacial score (nSPS) is 18.6. The van der Waals surface area contributed by atoms with Gasteiger partial charge in [-0.05, 0) is 60.2 Å². The van der Waals surface area contributed by atoms with Crippen LogP contribution in [-0.4, -0.2) is 11.9 Å². The van der Waals surface area contributed by atoms with Gasteiger partial charge in [0.15, 0.2) is 0 Å². The van der Waals surface area contributed by atoms with Crippen LogP contribution in [0.1, 0.15) is 61.6 Å². The van der Waals surface area contributed by atoms with E-state index in [-0.39, 0.29) is 23.4 Å². The summed E-state index contributed by atoms with van der Waals surface area (Å²) in [5, 5.41) is 3.65. The Morgan fingerprint density at radius 3 is 2.20 bits per heavy atom. The SMILES string of the molecule is C[C@@H]1C[C@@H](Nc2ccccc2)c2ccccc2N1C(=O)c1ccc(C(C)(C)C)cc1. The first-order valence-corrected chi connectivity index (χ1v) is 10.7. The topological polar surface area (TPSA) is 32.3 Å². The predicted molar refractivity (Wildman–Crippen MR) is 125 cm³/mol. The van der Waals surface area contributed by atoms with Crippen LogP contribution in [0.25, 0.3) is 0 Å². The molecule has 1 heterocycles. The third-order valence-corrected chi connectivity index (χ3v) is 5.92. The number of carbonyl (C=O) groups is 1. The molecule has 0 fully saturated rings. The second kappa shape index (κ2) is 7.98. The molecule has 3 aromatic carbocycles. The molecule has 30 heavy (non-hydrogen) atoms. The number of para-hydroxylation sites is 2. The molecule has 4 rings (SSSR count). The number of fused-ring (bicyclic) bond motifs is 1. The molecular formula is C27H30N2O. The van der Waals surface area contributed by atoms with E-state index in [1.54, 1.807) is 0 Å². The van der Waals surface area contributed by atoms with Crippen LogP contribution >= 0.6 is 0 Å². The molecule has 0 saturated carbocycles. The van der Waals surface area contributed by atoms with Gasteiger partial charge in [-0.15, -0.1) is 0 Å². The van der Waals surface area contributed by atoms with Crippen molar-refractivity contribution in [3.05, 3.63) is 95.6 Å². The molecule has 3 aromatic rings. The van der Waals surface area contributed by atoms with E-state index >= 15 is 0 Å². The molecule has 0 radical (unpaired) electrons. The predicted octanol–water partition coefficient (Wildman–Crippen LogP) is 6.58. The lowest BCUT2D eigenvalue weighted by molar-refractivity contribution is 0.0974. The van der Waals surface area contributed by atoms with Gasteiger partial charge in [-0.2, -0.15) is 0 Å². The van der Waals surface area contributed by atoms with Crippen molar-refractivity contribution in [2.45, 2.75) is 51.6 Å². The first-order chi connectivity index (χ1) is 14.3. The van der Waals surface area contributed by atoms with Gasteiger partial charge in [0.25, 0.3) is 5.91 Å². The number of hydrogen-bond donors (Lipinski definition) is 1. The van der Waals surface area contributed by atoms with Gasteiger partial charge in [-0.1, -0.05) is 69.3 Å². The Morgan fingerprint density at radius 2 is 1.53 bits per heavy atom. The third-order valence-electron chi connectivity index (χ3n) is 5.92. The Balaban J connectivity index is 1.65. The van der Waals surface area contributed by atoms with Crippen molar-refractivity contribution in [2.24, 2.45) is 0 Å². The molecule has 1 aliphatic rings. The smallest absolute Gasteiger partial charge is 0.258 e. The summed E-state index contributed by atoms with van der Waals surface area (Å²) in [7, 11) is 0. The van der Waals surface area contributed by atoms with Gasteiger partial charge in [-0.25, -0.2) is 0 Å². The Hall–Kier alpha value is -3.07. The maximum absolute atomic E-state index is 13.5. The number of rotatable bonds is 3. The lowest BCUT2D eigenvalue weighted by Gasteiger charge is -2.40. The number of amides is 1. The van der Waals surface area contributed by atoms with Gasteiger partial charge in [-0.3, -0.25) is 4.79 Å². The first kappa shape index (κ1) is 20.2. The van der Waals surface area contributed by atoms with Crippen molar-refractivity contribution in [1.82, 2.24) is 0 Å². The average Bonchev–Trinajstić information content (AvgIpc) is 2.74. The number of carbonyl (C=O) groups excluding carboxylic acids is 1. The van der Waals surface area contributed by atoms with E-state index in [0.29, 0.717) is 0 Å². The first-order valence-electron chi connectivity index (χ1n) is 10.7. The molecule has 1 amide bonds. The largest absolute Gasteiger partial charge is 0.378 e. The van der Waals surface area contributed by atoms with E-state index in [2.05, 4.69) is 75.5 Å². The summed E-state index contributed by atoms with van der Waals surface area (Å²) in [4.78, 5) is 15.5. The van der Waals surface area contributed by atoms with E-state index < -0.39 is 0 Å². The molecule has 3 heteroatoms. The van der Waals surface area contributed by atoms with Crippen LogP contribution in [0, 0.1) is 0 Å². The van der Waals surface area contributed by atoms with Crippen molar-refractivity contribution >= 4 is 17.3 Å². The van der Waals surface area contributed by atoms with Gasteiger partial charge in [0.2, 0.25) is 0 Å². The third kappa shape index (κ3) is 3.97. The Bertz CT molecular complexity index is 1020. The van der Waals surface area contributed by atoms with Crippen LogP contribution in [0.5, 0.6) is 0 Å². The molecule has 0 spiro atoms. The highest BCUT2D eigenvalue weighted by molar-refractivity contribution is 6.07. The molecule has 0 bridgehead atoms. The Morgan fingerprint density at radius 1 is 0.900 bits per heavy atom. The van der Waals surface area contributed by atoms with E-state index in [1.165, 1.54) is 11.1 Å². The molecule has 154 valence electrons. The minimum atomic E-state index is 0.0635. The second-order valence-corrected chi connectivity index (χ2v) is 9.21. The molecule has 2 atom stereocenters. The van der Waals surface area contributed by atoms with E-state index in [0.717, 1.165) is 23.4 Å². The average molecular weight is 399 g/mol. The lowest BCUT2D eigenvalue weighted by Crippen LogP contribution is -2.44. The van der Waals surface area contributed by atoms with E-state index in [1.807, 2.05) is 41.3 Å². The van der Waals surface area contributed by atoms with Crippen LogP contribution in [0.15, 0.2) is 78.9 Å². The fraction of sp³-hybridized carbons (Fsp3) is 0.296. The molecule has 0 saturated heterocycles. The summed E-state index contributed by atoms with van der Waals surface area (Å²) in [6.07, 6.45) is 0.859. The second-order valence-electron chi connectivity index (χ2n) is 9.21. The number of anilines is 2. The molecule has 0 unspecified atom stereocenters. The lowest BCUT2D eigenvalue weighted by atomic mass is 9.86. The van der Waals surface area contributed by atoms with Gasteiger partial charge in [0, 0.05) is 23.0 Å². The van der Waals surface area contributed by atoms with Crippen LogP contribution in [-0.2, 0) is 5.41 Å². The van der Waals surface area contributed by atoms with Gasteiger partial charge >= 0.3 is 0 Å². The van der Waals surface area contributed by atoms with Crippen molar-refractivity contribution < 1.29 is 4.79 Å². The number of nitrogens with one attached hydrogen (secondary N) is 1. The standard InChI is InChI=1S/C27H30N2O/c1-19-18-24(28-22-10-6-5-7-11-22)23-12-8-9-13-25(23)29(19)26(30)20-14-16-21(17-15-20)27(2,3)4/h5-17,19,24,28H,18H2,1-4H3/t19-,24-/m1/s1. The van der Waals surface area contributed by atoms with E-state index in [9.17, 15) is 4.79 Å². The summed E-state index contributed by atoms with van der Waals surface area (Å²) in [5.41, 5.74) is 5.30. The fourth-order valence-electron chi connectivity index (χ4n) is 4.25. The maximum atomic E-state index is 13.5. The maximum Gasteiger partial charge on any atom is 0.258 e. The van der Waals surface area contributed by atoms with Crippen LogP contribution < -0.4 is 10.2 Å². The molecule has 3 nitrogen and oxygen atoms in total. The minimum absolute atomic E-state index is 0.0635. The van der Waals surface area contributed by atoms with E-state index in [4.69, 9.17) is 0 Å². The Kier molecular flexibility index (Phi) is 5.38. The monoisotopic (exact) mass is 398 g/mol. The summed E-state index contributed by atoms with van der Waals surface area (Å²) >= 11 is 0. The zero-order chi connectivity index (χ0) is 21.3. The molecule has 0 aromatic heterocycles. The highest BCUT2D eigenvalue weighted by atomic mass is 16.2. The molecule has 1 N–H and O–H groups in total. The van der Waals surface area contributed by atoms with Crippen molar-refractivity contribution in [3.63, 3.8) is 0 Å². The van der Waals surface area contributed by atoms with Gasteiger partial charge in [0.05, 0.1) is 6.04 Å². The summed E-state index contributed by atoms with van der Waals surface area (Å²) in [5.74, 6) is 0.0635. The summed E-state index contributed by atoms with van der Waals surface area (Å²) in [6, 6.07) is 26.9. The molecule has 1 aliphatic heterocycles. The van der Waals surface area contributed by atoms with Gasteiger partial charge in [0.1, 0.15) is 0 Å². The fourth-order valence-corrected chi connectivity index (χ4v) is 4.25. The number of benzene rings is 3. The van der Waals surface area contributed by atoms with Crippen molar-refractivity contribution in [1.29, 1.82) is 0 Å². The molecule has 0 aliphatic carbocycles. The minimum Gasteiger partial charge on any atom is -0.378 e. The zero-order valence-electron chi connectivity index (χ0n) is 18.2. The Labute approximate surface area is 179 Å². The van der Waals surface area contributed by atoms with Crippen LogP contribution in [0.4, 0.5) is 11.4 Å². The highest BCUT2D eigenvalue weighted by Gasteiger charge is 2.34.